The largest absolute Gasteiger partial charge is 0.326 e. The second-order valence-electron chi connectivity index (χ2n) is 3.98. The van der Waals surface area contributed by atoms with Gasteiger partial charge in [-0.2, -0.15) is 0 Å². The van der Waals surface area contributed by atoms with E-state index in [9.17, 15) is 17.2 Å². The number of anilines is 1. The molecule has 3 N–H and O–H groups in total. The minimum atomic E-state index is -4.31. The Labute approximate surface area is 124 Å². The summed E-state index contributed by atoms with van der Waals surface area (Å²) in [5, 5.41) is 0.0441. The van der Waals surface area contributed by atoms with Crippen LogP contribution in [-0.2, 0) is 16.6 Å². The molecule has 0 radical (unpaired) electrons. The Kier molecular flexibility index (Phi) is 4.40. The van der Waals surface area contributed by atoms with Crippen LogP contribution in [0.4, 0.5) is 14.6 Å². The summed E-state index contributed by atoms with van der Waals surface area (Å²) < 4.78 is 53.7. The van der Waals surface area contributed by atoms with E-state index in [0.29, 0.717) is 0 Å². The van der Waals surface area contributed by atoms with Crippen LogP contribution in [0, 0.1) is 11.6 Å². The number of hydrogen-bond acceptors (Lipinski definition) is 4. The standard InChI is InChI=1S/C12H10ClF2N3O2S/c13-8-2-1-5-17-12(8)18-21(19,20)10-4-3-9(14)7(6-16)11(10)15/h1-5H,6,16H2,(H,17,18). The number of nitrogens with one attached hydrogen (secondary N) is 1. The molecule has 1 aromatic carbocycles. The molecule has 0 saturated carbocycles. The van der Waals surface area contributed by atoms with E-state index in [1.54, 1.807) is 0 Å². The van der Waals surface area contributed by atoms with Gasteiger partial charge in [0, 0.05) is 18.3 Å². The Morgan fingerprint density at radius 3 is 2.62 bits per heavy atom. The first-order valence-corrected chi connectivity index (χ1v) is 7.53. The molecule has 112 valence electrons. The molecule has 0 aliphatic rings. The third-order valence-electron chi connectivity index (χ3n) is 2.63. The fourth-order valence-corrected chi connectivity index (χ4v) is 2.97. The van der Waals surface area contributed by atoms with Gasteiger partial charge < -0.3 is 5.73 Å². The van der Waals surface area contributed by atoms with Gasteiger partial charge >= 0.3 is 0 Å². The van der Waals surface area contributed by atoms with Crippen LogP contribution in [0.1, 0.15) is 5.56 Å². The predicted molar refractivity (Wildman–Crippen MR) is 74.3 cm³/mol. The van der Waals surface area contributed by atoms with Crippen molar-refractivity contribution in [2.24, 2.45) is 5.73 Å². The first-order chi connectivity index (χ1) is 9.86. The Bertz CT molecular complexity index is 784. The van der Waals surface area contributed by atoms with Crippen molar-refractivity contribution in [3.05, 3.63) is 52.7 Å². The van der Waals surface area contributed by atoms with Gasteiger partial charge in [0.25, 0.3) is 10.0 Å². The van der Waals surface area contributed by atoms with Gasteiger partial charge in [-0.05, 0) is 24.3 Å². The summed E-state index contributed by atoms with van der Waals surface area (Å²) in [6.07, 6.45) is 1.32. The summed E-state index contributed by atoms with van der Waals surface area (Å²) in [6, 6.07) is 4.56. The van der Waals surface area contributed by atoms with Crippen molar-refractivity contribution in [3.8, 4) is 0 Å². The highest BCUT2D eigenvalue weighted by Gasteiger charge is 2.24. The average molecular weight is 334 g/mol. The van der Waals surface area contributed by atoms with Crippen LogP contribution in [0.15, 0.2) is 35.4 Å². The summed E-state index contributed by atoms with van der Waals surface area (Å²) >= 11 is 5.78. The van der Waals surface area contributed by atoms with Crippen LogP contribution in [0.2, 0.25) is 5.02 Å². The minimum absolute atomic E-state index is 0.0441. The van der Waals surface area contributed by atoms with Gasteiger partial charge in [0.05, 0.1) is 5.02 Å². The summed E-state index contributed by atoms with van der Waals surface area (Å²) in [7, 11) is -4.31. The zero-order valence-electron chi connectivity index (χ0n) is 10.5. The maximum absolute atomic E-state index is 14.0. The SMILES string of the molecule is NCc1c(F)ccc(S(=O)(=O)Nc2ncccc2Cl)c1F. The molecule has 2 rings (SSSR count). The zero-order chi connectivity index (χ0) is 15.6. The molecule has 21 heavy (non-hydrogen) atoms. The minimum Gasteiger partial charge on any atom is -0.326 e. The number of halogens is 3. The fraction of sp³-hybridized carbons (Fsp3) is 0.0833. The Hall–Kier alpha value is -1.77. The van der Waals surface area contributed by atoms with Gasteiger partial charge in [-0.3, -0.25) is 4.72 Å². The van der Waals surface area contributed by atoms with E-state index in [1.807, 2.05) is 4.72 Å². The van der Waals surface area contributed by atoms with Crippen molar-refractivity contribution in [1.82, 2.24) is 4.98 Å². The number of rotatable bonds is 4. The maximum atomic E-state index is 14.0. The van der Waals surface area contributed by atoms with Crippen molar-refractivity contribution in [1.29, 1.82) is 0 Å². The van der Waals surface area contributed by atoms with Crippen molar-refractivity contribution < 1.29 is 17.2 Å². The van der Waals surface area contributed by atoms with E-state index in [1.165, 1.54) is 18.3 Å². The third kappa shape index (κ3) is 3.12. The summed E-state index contributed by atoms with van der Waals surface area (Å²) in [5.74, 6) is -2.31. The highest BCUT2D eigenvalue weighted by molar-refractivity contribution is 7.92. The van der Waals surface area contributed by atoms with E-state index < -0.39 is 38.7 Å². The van der Waals surface area contributed by atoms with Crippen molar-refractivity contribution in [2.75, 3.05) is 4.72 Å². The number of sulfonamides is 1. The van der Waals surface area contributed by atoms with Crippen molar-refractivity contribution >= 4 is 27.4 Å². The molecular formula is C12H10ClF2N3O2S. The summed E-state index contributed by atoms with van der Waals surface area (Å²) in [6.45, 7) is -0.467. The molecular weight excluding hydrogens is 324 g/mol. The second kappa shape index (κ2) is 5.92. The van der Waals surface area contributed by atoms with Crippen LogP contribution in [0.5, 0.6) is 0 Å². The highest BCUT2D eigenvalue weighted by atomic mass is 35.5. The van der Waals surface area contributed by atoms with Crippen molar-refractivity contribution in [2.45, 2.75) is 11.4 Å². The lowest BCUT2D eigenvalue weighted by molar-refractivity contribution is 0.530. The predicted octanol–water partition coefficient (Wildman–Crippen LogP) is 2.27. The topological polar surface area (TPSA) is 85.1 Å². The summed E-state index contributed by atoms with van der Waals surface area (Å²) in [5.41, 5.74) is 4.70. The second-order valence-corrected chi connectivity index (χ2v) is 6.04. The number of nitrogens with zero attached hydrogens (tertiary/aromatic N) is 1. The van der Waals surface area contributed by atoms with E-state index >= 15 is 0 Å². The molecule has 2 aromatic rings. The lowest BCUT2D eigenvalue weighted by atomic mass is 10.2. The summed E-state index contributed by atoms with van der Waals surface area (Å²) in [4.78, 5) is 3.00. The lowest BCUT2D eigenvalue weighted by Gasteiger charge is -2.11. The molecule has 9 heteroatoms. The molecule has 1 heterocycles. The van der Waals surface area contributed by atoms with Gasteiger partial charge in [0.15, 0.2) is 11.6 Å². The monoisotopic (exact) mass is 333 g/mol. The first kappa shape index (κ1) is 15.6. The molecule has 0 saturated heterocycles. The van der Waals surface area contributed by atoms with Crippen LogP contribution < -0.4 is 10.5 Å². The van der Waals surface area contributed by atoms with Gasteiger partial charge in [0.2, 0.25) is 0 Å². The van der Waals surface area contributed by atoms with E-state index in [-0.39, 0.29) is 10.8 Å². The average Bonchev–Trinajstić information content (AvgIpc) is 2.41. The molecule has 0 bridgehead atoms. The molecule has 0 fully saturated rings. The number of pyridine rings is 1. The van der Waals surface area contributed by atoms with Crippen LogP contribution in [0.3, 0.4) is 0 Å². The molecule has 1 aromatic heterocycles. The van der Waals surface area contributed by atoms with Gasteiger partial charge in [0.1, 0.15) is 10.7 Å². The Balaban J connectivity index is 2.48. The third-order valence-corrected chi connectivity index (χ3v) is 4.30. The molecule has 0 aliphatic heterocycles. The van der Waals surface area contributed by atoms with Gasteiger partial charge in [-0.1, -0.05) is 11.6 Å². The van der Waals surface area contributed by atoms with E-state index in [0.717, 1.165) is 12.1 Å². The number of nitrogens with two attached hydrogens (primary N) is 1. The van der Waals surface area contributed by atoms with Gasteiger partial charge in [-0.15, -0.1) is 0 Å². The first-order valence-electron chi connectivity index (χ1n) is 5.67. The van der Waals surface area contributed by atoms with Gasteiger partial charge in [-0.25, -0.2) is 22.2 Å². The molecule has 0 atom stereocenters. The highest BCUT2D eigenvalue weighted by Crippen LogP contribution is 2.25. The fourth-order valence-electron chi connectivity index (χ4n) is 1.61. The molecule has 0 spiro atoms. The Morgan fingerprint density at radius 2 is 2.00 bits per heavy atom. The number of benzene rings is 1. The molecule has 5 nitrogen and oxygen atoms in total. The zero-order valence-corrected chi connectivity index (χ0v) is 12.0. The maximum Gasteiger partial charge on any atom is 0.266 e. The normalized spacial score (nSPS) is 11.4. The smallest absolute Gasteiger partial charge is 0.266 e. The molecule has 0 unspecified atom stereocenters. The van der Waals surface area contributed by atoms with Crippen LogP contribution >= 0.6 is 11.6 Å². The van der Waals surface area contributed by atoms with Crippen LogP contribution in [0.25, 0.3) is 0 Å². The lowest BCUT2D eigenvalue weighted by Crippen LogP contribution is -2.17. The number of hydrogen-bond donors (Lipinski definition) is 2. The van der Waals surface area contributed by atoms with Crippen LogP contribution in [-0.4, -0.2) is 13.4 Å². The molecule has 0 aliphatic carbocycles. The number of aromatic nitrogens is 1. The molecule has 0 amide bonds. The van der Waals surface area contributed by atoms with E-state index in [2.05, 4.69) is 4.98 Å². The van der Waals surface area contributed by atoms with E-state index in [4.69, 9.17) is 17.3 Å². The Morgan fingerprint density at radius 1 is 1.29 bits per heavy atom. The quantitative estimate of drug-likeness (QED) is 0.898. The van der Waals surface area contributed by atoms with Crippen molar-refractivity contribution in [3.63, 3.8) is 0 Å².